The molecule has 0 bridgehead atoms. The molecule has 2 aromatic heterocycles. The van der Waals surface area contributed by atoms with Crippen LogP contribution in [0.2, 0.25) is 0 Å². The van der Waals surface area contributed by atoms with Crippen LogP contribution in [0.25, 0.3) is 0 Å². The first-order valence-corrected chi connectivity index (χ1v) is 6.70. The van der Waals surface area contributed by atoms with Crippen LogP contribution >= 0.6 is 11.3 Å². The van der Waals surface area contributed by atoms with Gasteiger partial charge in [0.25, 0.3) is 0 Å². The van der Waals surface area contributed by atoms with E-state index in [0.29, 0.717) is 5.95 Å². The molecule has 0 amide bonds. The summed E-state index contributed by atoms with van der Waals surface area (Å²) in [6.45, 7) is 4.92. The summed E-state index contributed by atoms with van der Waals surface area (Å²) in [6, 6.07) is 4.13. The molecule has 0 atom stereocenters. The molecule has 17 heavy (non-hydrogen) atoms. The Hall–Kier alpha value is -1.49. The van der Waals surface area contributed by atoms with Crippen molar-refractivity contribution in [2.75, 3.05) is 5.32 Å². The van der Waals surface area contributed by atoms with Crippen LogP contribution in [0.5, 0.6) is 0 Å². The molecule has 0 spiro atoms. The zero-order chi connectivity index (χ0) is 12.1. The minimum atomic E-state index is 0.618. The Morgan fingerprint density at radius 2 is 2.00 bits per heavy atom. The Morgan fingerprint density at radius 3 is 2.65 bits per heavy atom. The van der Waals surface area contributed by atoms with Crippen molar-refractivity contribution in [2.24, 2.45) is 0 Å². The van der Waals surface area contributed by atoms with Crippen molar-refractivity contribution in [3.63, 3.8) is 0 Å². The Labute approximate surface area is 105 Å². The van der Waals surface area contributed by atoms with Gasteiger partial charge >= 0.3 is 0 Å². The number of anilines is 1. The van der Waals surface area contributed by atoms with Crippen LogP contribution in [0.4, 0.5) is 5.95 Å². The highest BCUT2D eigenvalue weighted by Gasteiger charge is 2.05. The molecule has 1 N–H and O–H groups in total. The van der Waals surface area contributed by atoms with Gasteiger partial charge in [0.15, 0.2) is 0 Å². The van der Waals surface area contributed by atoms with Gasteiger partial charge in [-0.2, -0.15) is 5.10 Å². The smallest absolute Gasteiger partial charge is 0.243 e. The van der Waals surface area contributed by atoms with Crippen molar-refractivity contribution in [1.29, 1.82) is 0 Å². The fourth-order valence-electron chi connectivity index (χ4n) is 1.59. The maximum atomic E-state index is 4.48. The summed E-state index contributed by atoms with van der Waals surface area (Å²) >= 11 is 1.72. The molecule has 2 heterocycles. The standard InChI is InChI=1S/C12H16N4S/c1-3-10-11(4-2)15-16-12(14-10)13-8-9-6-5-7-17-9/h5-7H,3-4,8H2,1-2H3,(H,13,14,16). The third kappa shape index (κ3) is 3.00. The average molecular weight is 248 g/mol. The maximum absolute atomic E-state index is 4.48. The fraction of sp³-hybridized carbons (Fsp3) is 0.417. The van der Waals surface area contributed by atoms with E-state index in [1.165, 1.54) is 4.88 Å². The van der Waals surface area contributed by atoms with Crippen LogP contribution in [0.1, 0.15) is 30.1 Å². The van der Waals surface area contributed by atoms with Crippen molar-refractivity contribution < 1.29 is 0 Å². The molecule has 0 unspecified atom stereocenters. The van der Waals surface area contributed by atoms with E-state index in [0.717, 1.165) is 30.8 Å². The highest BCUT2D eigenvalue weighted by molar-refractivity contribution is 7.09. The number of hydrogen-bond acceptors (Lipinski definition) is 5. The molecule has 0 saturated carbocycles. The van der Waals surface area contributed by atoms with Gasteiger partial charge in [0.2, 0.25) is 5.95 Å². The summed E-state index contributed by atoms with van der Waals surface area (Å²) in [4.78, 5) is 5.75. The van der Waals surface area contributed by atoms with Crippen LogP contribution in [0.15, 0.2) is 17.5 Å². The first-order chi connectivity index (χ1) is 8.33. The molecule has 0 aliphatic heterocycles. The molecule has 0 radical (unpaired) electrons. The lowest BCUT2D eigenvalue weighted by Crippen LogP contribution is -2.08. The second-order valence-electron chi connectivity index (χ2n) is 3.67. The third-order valence-corrected chi connectivity index (χ3v) is 3.39. The van der Waals surface area contributed by atoms with Gasteiger partial charge in [-0.05, 0) is 24.3 Å². The maximum Gasteiger partial charge on any atom is 0.243 e. The summed E-state index contributed by atoms with van der Waals surface area (Å²) in [7, 11) is 0. The molecule has 0 aliphatic carbocycles. The lowest BCUT2D eigenvalue weighted by atomic mass is 10.2. The summed E-state index contributed by atoms with van der Waals surface area (Å²) in [5.74, 6) is 0.618. The largest absolute Gasteiger partial charge is 0.348 e. The Morgan fingerprint density at radius 1 is 1.18 bits per heavy atom. The molecule has 4 nitrogen and oxygen atoms in total. The van der Waals surface area contributed by atoms with Gasteiger partial charge < -0.3 is 5.32 Å². The predicted molar refractivity (Wildman–Crippen MR) is 70.2 cm³/mol. The van der Waals surface area contributed by atoms with Gasteiger partial charge in [0.1, 0.15) is 0 Å². The van der Waals surface area contributed by atoms with E-state index in [-0.39, 0.29) is 0 Å². The molecular weight excluding hydrogens is 232 g/mol. The van der Waals surface area contributed by atoms with E-state index in [1.54, 1.807) is 11.3 Å². The van der Waals surface area contributed by atoms with Gasteiger partial charge in [0, 0.05) is 4.88 Å². The molecule has 2 aromatic rings. The molecule has 5 heteroatoms. The van der Waals surface area contributed by atoms with Crippen LogP contribution in [-0.4, -0.2) is 15.2 Å². The number of aromatic nitrogens is 3. The zero-order valence-corrected chi connectivity index (χ0v) is 10.9. The minimum absolute atomic E-state index is 0.618. The highest BCUT2D eigenvalue weighted by Crippen LogP contribution is 2.11. The second kappa shape index (κ2) is 5.72. The third-order valence-electron chi connectivity index (χ3n) is 2.51. The summed E-state index contributed by atoms with van der Waals surface area (Å²) in [6.07, 6.45) is 1.78. The average Bonchev–Trinajstić information content (AvgIpc) is 2.89. The predicted octanol–water partition coefficient (Wildman–Crippen LogP) is 2.67. The van der Waals surface area contributed by atoms with E-state index < -0.39 is 0 Å². The second-order valence-corrected chi connectivity index (χ2v) is 4.70. The van der Waals surface area contributed by atoms with Gasteiger partial charge in [-0.25, -0.2) is 4.98 Å². The van der Waals surface area contributed by atoms with Crippen molar-refractivity contribution in [2.45, 2.75) is 33.2 Å². The van der Waals surface area contributed by atoms with E-state index >= 15 is 0 Å². The van der Waals surface area contributed by atoms with Crippen LogP contribution in [0, 0.1) is 0 Å². The number of rotatable bonds is 5. The molecule has 0 aliphatic rings. The Bertz CT molecular complexity index is 467. The Kier molecular flexibility index (Phi) is 4.03. The summed E-state index contributed by atoms with van der Waals surface area (Å²) in [5, 5.41) is 13.5. The minimum Gasteiger partial charge on any atom is -0.348 e. The molecule has 2 rings (SSSR count). The summed E-state index contributed by atoms with van der Waals surface area (Å²) in [5.41, 5.74) is 2.03. The van der Waals surface area contributed by atoms with E-state index in [4.69, 9.17) is 0 Å². The van der Waals surface area contributed by atoms with Crippen LogP contribution in [-0.2, 0) is 19.4 Å². The molecule has 0 saturated heterocycles. The summed E-state index contributed by atoms with van der Waals surface area (Å²) < 4.78 is 0. The highest BCUT2D eigenvalue weighted by atomic mass is 32.1. The Balaban J connectivity index is 2.06. The lowest BCUT2D eigenvalue weighted by Gasteiger charge is -2.06. The fourth-order valence-corrected chi connectivity index (χ4v) is 2.24. The number of thiophene rings is 1. The zero-order valence-electron chi connectivity index (χ0n) is 10.1. The normalized spacial score (nSPS) is 10.5. The van der Waals surface area contributed by atoms with E-state index in [1.807, 2.05) is 6.07 Å². The molecular formula is C12H16N4S. The van der Waals surface area contributed by atoms with Crippen molar-refractivity contribution in [3.8, 4) is 0 Å². The number of nitrogens with zero attached hydrogens (tertiary/aromatic N) is 3. The van der Waals surface area contributed by atoms with Crippen LogP contribution in [0.3, 0.4) is 0 Å². The molecule has 0 aromatic carbocycles. The van der Waals surface area contributed by atoms with E-state index in [2.05, 4.69) is 45.8 Å². The number of aryl methyl sites for hydroxylation is 2. The van der Waals surface area contributed by atoms with Gasteiger partial charge in [-0.3, -0.25) is 0 Å². The van der Waals surface area contributed by atoms with Gasteiger partial charge in [-0.1, -0.05) is 19.9 Å². The van der Waals surface area contributed by atoms with Gasteiger partial charge in [0.05, 0.1) is 17.9 Å². The number of hydrogen-bond donors (Lipinski definition) is 1. The first kappa shape index (κ1) is 12.0. The monoisotopic (exact) mass is 248 g/mol. The SMILES string of the molecule is CCc1nnc(NCc2cccs2)nc1CC. The quantitative estimate of drug-likeness (QED) is 0.884. The van der Waals surface area contributed by atoms with Crippen molar-refractivity contribution >= 4 is 17.3 Å². The first-order valence-electron chi connectivity index (χ1n) is 5.82. The lowest BCUT2D eigenvalue weighted by molar-refractivity contribution is 0.820. The van der Waals surface area contributed by atoms with Crippen molar-refractivity contribution in [1.82, 2.24) is 15.2 Å². The van der Waals surface area contributed by atoms with Crippen molar-refractivity contribution in [3.05, 3.63) is 33.8 Å². The topological polar surface area (TPSA) is 50.7 Å². The molecule has 90 valence electrons. The number of nitrogens with one attached hydrogen (secondary N) is 1. The van der Waals surface area contributed by atoms with E-state index in [9.17, 15) is 0 Å². The van der Waals surface area contributed by atoms with Gasteiger partial charge in [-0.15, -0.1) is 16.4 Å². The molecule has 0 fully saturated rings. The van der Waals surface area contributed by atoms with Crippen LogP contribution < -0.4 is 5.32 Å².